The zero-order valence-electron chi connectivity index (χ0n) is 9.94. The van der Waals surface area contributed by atoms with E-state index in [0.717, 1.165) is 17.5 Å². The van der Waals surface area contributed by atoms with Gasteiger partial charge in [-0.1, -0.05) is 18.2 Å². The lowest BCUT2D eigenvalue weighted by atomic mass is 10.1. The minimum atomic E-state index is -0.262. The van der Waals surface area contributed by atoms with Crippen LogP contribution < -0.4 is 5.32 Å². The topological polar surface area (TPSA) is 29.1 Å². The maximum atomic E-state index is 11.2. The zero-order chi connectivity index (χ0) is 12.3. The van der Waals surface area contributed by atoms with Crippen molar-refractivity contribution >= 4 is 23.3 Å². The van der Waals surface area contributed by atoms with Crippen LogP contribution in [-0.4, -0.2) is 6.29 Å². The standard InChI is InChI=1S/C14H15NOS/c1-10-8-13(11(2)17-10)14(9-16)15-12-6-4-3-5-7-12/h3-9,14-15H,1-2H3. The van der Waals surface area contributed by atoms with E-state index in [4.69, 9.17) is 0 Å². The van der Waals surface area contributed by atoms with Gasteiger partial charge in [0.2, 0.25) is 0 Å². The molecule has 2 rings (SSSR count). The highest BCUT2D eigenvalue weighted by molar-refractivity contribution is 7.12. The number of thiophene rings is 1. The van der Waals surface area contributed by atoms with E-state index in [1.54, 1.807) is 11.3 Å². The summed E-state index contributed by atoms with van der Waals surface area (Å²) in [6.07, 6.45) is 0.960. The van der Waals surface area contributed by atoms with Gasteiger partial charge in [0.15, 0.2) is 0 Å². The van der Waals surface area contributed by atoms with Gasteiger partial charge in [0.25, 0.3) is 0 Å². The summed E-state index contributed by atoms with van der Waals surface area (Å²) in [5.41, 5.74) is 2.04. The first-order chi connectivity index (χ1) is 8.20. The van der Waals surface area contributed by atoms with Crippen molar-refractivity contribution < 1.29 is 4.79 Å². The Morgan fingerprint density at radius 1 is 1.24 bits per heavy atom. The molecule has 0 radical (unpaired) electrons. The first kappa shape index (κ1) is 11.9. The van der Waals surface area contributed by atoms with E-state index in [2.05, 4.69) is 25.2 Å². The number of carbonyl (C=O) groups excluding carboxylic acids is 1. The summed E-state index contributed by atoms with van der Waals surface area (Å²) in [7, 11) is 0. The molecule has 0 aliphatic rings. The Bertz CT molecular complexity index is 504. The van der Waals surface area contributed by atoms with Crippen molar-refractivity contribution in [3.8, 4) is 0 Å². The number of hydrogen-bond donors (Lipinski definition) is 1. The first-order valence-electron chi connectivity index (χ1n) is 5.54. The van der Waals surface area contributed by atoms with Crippen LogP contribution in [0.5, 0.6) is 0 Å². The van der Waals surface area contributed by atoms with Gasteiger partial charge in [-0.25, -0.2) is 0 Å². The number of hydrogen-bond acceptors (Lipinski definition) is 3. The quantitative estimate of drug-likeness (QED) is 0.832. The van der Waals surface area contributed by atoms with E-state index >= 15 is 0 Å². The van der Waals surface area contributed by atoms with Crippen molar-refractivity contribution in [3.63, 3.8) is 0 Å². The highest BCUT2D eigenvalue weighted by atomic mass is 32.1. The molecule has 0 saturated carbocycles. The lowest BCUT2D eigenvalue weighted by Crippen LogP contribution is -2.12. The third-order valence-corrected chi connectivity index (χ3v) is 3.63. The van der Waals surface area contributed by atoms with E-state index < -0.39 is 0 Å². The Morgan fingerprint density at radius 3 is 2.47 bits per heavy atom. The second-order valence-electron chi connectivity index (χ2n) is 3.99. The molecule has 1 atom stereocenters. The van der Waals surface area contributed by atoms with Crippen molar-refractivity contribution in [2.75, 3.05) is 5.32 Å². The molecule has 1 heterocycles. The number of benzene rings is 1. The van der Waals surface area contributed by atoms with Crippen molar-refractivity contribution in [2.45, 2.75) is 19.9 Å². The van der Waals surface area contributed by atoms with Crippen molar-refractivity contribution in [1.29, 1.82) is 0 Å². The molecule has 0 aliphatic heterocycles. The lowest BCUT2D eigenvalue weighted by molar-refractivity contribution is -0.108. The van der Waals surface area contributed by atoms with Gasteiger partial charge in [0, 0.05) is 15.4 Å². The summed E-state index contributed by atoms with van der Waals surface area (Å²) >= 11 is 1.72. The molecule has 0 bridgehead atoms. The van der Waals surface area contributed by atoms with Crippen LogP contribution in [0.15, 0.2) is 36.4 Å². The number of aldehydes is 1. The molecule has 0 spiro atoms. The van der Waals surface area contributed by atoms with Crippen LogP contribution in [0.3, 0.4) is 0 Å². The molecule has 2 nitrogen and oxygen atoms in total. The average molecular weight is 245 g/mol. The molecule has 3 heteroatoms. The summed E-state index contributed by atoms with van der Waals surface area (Å²) in [5.74, 6) is 0. The number of nitrogens with one attached hydrogen (secondary N) is 1. The highest BCUT2D eigenvalue weighted by Crippen LogP contribution is 2.27. The summed E-state index contributed by atoms with van der Waals surface area (Å²) in [6.45, 7) is 4.11. The van der Waals surface area contributed by atoms with Crippen LogP contribution in [0.4, 0.5) is 5.69 Å². The van der Waals surface area contributed by atoms with Gasteiger partial charge in [0.1, 0.15) is 12.3 Å². The van der Waals surface area contributed by atoms with Gasteiger partial charge in [-0.15, -0.1) is 11.3 Å². The van der Waals surface area contributed by atoms with Crippen LogP contribution in [0.25, 0.3) is 0 Å². The van der Waals surface area contributed by atoms with Crippen LogP contribution in [-0.2, 0) is 4.79 Å². The van der Waals surface area contributed by atoms with E-state index in [1.165, 1.54) is 9.75 Å². The monoisotopic (exact) mass is 245 g/mol. The maximum absolute atomic E-state index is 11.2. The summed E-state index contributed by atoms with van der Waals surface area (Å²) < 4.78 is 0. The van der Waals surface area contributed by atoms with Gasteiger partial charge < -0.3 is 10.1 Å². The predicted octanol–water partition coefficient (Wildman–Crippen LogP) is 3.72. The average Bonchev–Trinajstić information content (AvgIpc) is 2.67. The zero-order valence-corrected chi connectivity index (χ0v) is 10.8. The fourth-order valence-electron chi connectivity index (χ4n) is 1.86. The minimum Gasteiger partial charge on any atom is -0.372 e. The van der Waals surface area contributed by atoms with Gasteiger partial charge >= 0.3 is 0 Å². The predicted molar refractivity (Wildman–Crippen MR) is 72.7 cm³/mol. The van der Waals surface area contributed by atoms with Crippen molar-refractivity contribution in [1.82, 2.24) is 0 Å². The largest absolute Gasteiger partial charge is 0.372 e. The van der Waals surface area contributed by atoms with E-state index in [9.17, 15) is 4.79 Å². The molecular weight excluding hydrogens is 230 g/mol. The second kappa shape index (κ2) is 5.15. The number of anilines is 1. The van der Waals surface area contributed by atoms with Gasteiger partial charge in [-0.2, -0.15) is 0 Å². The summed E-state index contributed by atoms with van der Waals surface area (Å²) in [5, 5.41) is 3.24. The highest BCUT2D eigenvalue weighted by Gasteiger charge is 2.14. The van der Waals surface area contributed by atoms with Crippen LogP contribution in [0.1, 0.15) is 21.4 Å². The summed E-state index contributed by atoms with van der Waals surface area (Å²) in [6, 6.07) is 11.6. The van der Waals surface area contributed by atoms with E-state index in [1.807, 2.05) is 30.3 Å². The third kappa shape index (κ3) is 2.74. The third-order valence-electron chi connectivity index (χ3n) is 2.65. The Kier molecular flexibility index (Phi) is 3.59. The molecule has 0 fully saturated rings. The number of rotatable bonds is 4. The van der Waals surface area contributed by atoms with Gasteiger partial charge in [-0.3, -0.25) is 0 Å². The molecule has 0 aliphatic carbocycles. The van der Waals surface area contributed by atoms with Gasteiger partial charge in [0.05, 0.1) is 0 Å². The normalized spacial score (nSPS) is 12.1. The molecule has 1 unspecified atom stereocenters. The Hall–Kier alpha value is -1.61. The number of aryl methyl sites for hydroxylation is 2. The lowest BCUT2D eigenvalue weighted by Gasteiger charge is -2.13. The molecule has 88 valence electrons. The van der Waals surface area contributed by atoms with E-state index in [0.29, 0.717) is 0 Å². The second-order valence-corrected chi connectivity index (χ2v) is 5.45. The Morgan fingerprint density at radius 2 is 1.94 bits per heavy atom. The van der Waals surface area contributed by atoms with Crippen LogP contribution >= 0.6 is 11.3 Å². The van der Waals surface area contributed by atoms with Crippen molar-refractivity contribution in [3.05, 3.63) is 51.7 Å². The molecule has 2 aromatic rings. The minimum absolute atomic E-state index is 0.262. The molecule has 1 aromatic carbocycles. The smallest absolute Gasteiger partial charge is 0.146 e. The number of carbonyl (C=O) groups is 1. The molecule has 0 saturated heterocycles. The first-order valence-corrected chi connectivity index (χ1v) is 6.36. The van der Waals surface area contributed by atoms with Crippen molar-refractivity contribution in [2.24, 2.45) is 0 Å². The molecule has 1 aromatic heterocycles. The number of para-hydroxylation sites is 1. The Labute approximate surface area is 105 Å². The molecule has 0 amide bonds. The fraction of sp³-hybridized carbons (Fsp3) is 0.214. The van der Waals surface area contributed by atoms with Crippen LogP contribution in [0, 0.1) is 13.8 Å². The molecule has 1 N–H and O–H groups in total. The Balaban J connectivity index is 2.23. The maximum Gasteiger partial charge on any atom is 0.146 e. The molecule has 17 heavy (non-hydrogen) atoms. The van der Waals surface area contributed by atoms with E-state index in [-0.39, 0.29) is 6.04 Å². The van der Waals surface area contributed by atoms with Gasteiger partial charge in [-0.05, 0) is 37.6 Å². The van der Waals surface area contributed by atoms with Crippen LogP contribution in [0.2, 0.25) is 0 Å². The summed E-state index contributed by atoms with van der Waals surface area (Å²) in [4.78, 5) is 13.6. The fourth-order valence-corrected chi connectivity index (χ4v) is 2.83. The molecular formula is C14H15NOS. The SMILES string of the molecule is Cc1cc(C(C=O)Nc2ccccc2)c(C)s1.